The van der Waals surface area contributed by atoms with Gasteiger partial charge in [-0.05, 0) is 37.0 Å². The van der Waals surface area contributed by atoms with Crippen molar-refractivity contribution in [2.75, 3.05) is 13.6 Å². The normalized spacial score (nSPS) is 15.6. The molecule has 0 spiro atoms. The first-order valence-electron chi connectivity index (χ1n) is 8.46. The zero-order valence-electron chi connectivity index (χ0n) is 14.4. The van der Waals surface area contributed by atoms with E-state index in [1.807, 2.05) is 0 Å². The number of sulfonamides is 1. The lowest BCUT2D eigenvalue weighted by molar-refractivity contribution is -0.146. The molecule has 1 saturated carbocycles. The molecule has 8 heteroatoms. The predicted molar refractivity (Wildman–Crippen MR) is 94.2 cm³/mol. The Morgan fingerprint density at radius 2 is 1.76 bits per heavy atom. The molecule has 3 N–H and O–H groups in total. The van der Waals surface area contributed by atoms with Crippen LogP contribution in [-0.4, -0.2) is 44.8 Å². The van der Waals surface area contributed by atoms with E-state index in [1.54, 1.807) is 24.1 Å². The van der Waals surface area contributed by atoms with Crippen LogP contribution in [0.1, 0.15) is 37.7 Å². The molecule has 1 aliphatic carbocycles. The molecular formula is C17H25N3O4S. The second-order valence-corrected chi connectivity index (χ2v) is 7.96. The molecule has 25 heavy (non-hydrogen) atoms. The van der Waals surface area contributed by atoms with Crippen molar-refractivity contribution in [3.05, 3.63) is 29.8 Å². The Morgan fingerprint density at radius 3 is 2.32 bits per heavy atom. The van der Waals surface area contributed by atoms with Gasteiger partial charge in [0.15, 0.2) is 0 Å². The minimum Gasteiger partial charge on any atom is -0.347 e. The third kappa shape index (κ3) is 5.54. The first kappa shape index (κ1) is 19.4. The van der Waals surface area contributed by atoms with Gasteiger partial charge in [-0.3, -0.25) is 9.59 Å². The molecule has 2 rings (SSSR count). The lowest BCUT2D eigenvalue weighted by Crippen LogP contribution is -2.46. The van der Waals surface area contributed by atoms with E-state index in [4.69, 9.17) is 5.14 Å². The van der Waals surface area contributed by atoms with Crippen LogP contribution >= 0.6 is 0 Å². The SMILES string of the molecule is CN(C(=O)C(=O)NCCc1ccc(S(N)(=O)=O)cc1)C1CCCCC1. The van der Waals surface area contributed by atoms with Gasteiger partial charge in [0.1, 0.15) is 0 Å². The third-order valence-corrected chi connectivity index (χ3v) is 5.52. The van der Waals surface area contributed by atoms with Gasteiger partial charge < -0.3 is 10.2 Å². The molecule has 0 aliphatic heterocycles. The molecule has 2 amide bonds. The van der Waals surface area contributed by atoms with Crippen LogP contribution in [-0.2, 0) is 26.0 Å². The Labute approximate surface area is 148 Å². The highest BCUT2D eigenvalue weighted by molar-refractivity contribution is 7.89. The Kier molecular flexibility index (Phi) is 6.55. The van der Waals surface area contributed by atoms with E-state index in [9.17, 15) is 18.0 Å². The van der Waals surface area contributed by atoms with Crippen LogP contribution < -0.4 is 10.5 Å². The standard InChI is InChI=1S/C17H25N3O4S/c1-20(14-5-3-2-4-6-14)17(22)16(21)19-12-11-13-7-9-15(10-8-13)25(18,23)24/h7-10,14H,2-6,11-12H2,1H3,(H,19,21)(H2,18,23,24). The summed E-state index contributed by atoms with van der Waals surface area (Å²) in [5.41, 5.74) is 0.848. The second-order valence-electron chi connectivity index (χ2n) is 6.40. The summed E-state index contributed by atoms with van der Waals surface area (Å²) in [6.45, 7) is 0.303. The fraction of sp³-hybridized carbons (Fsp3) is 0.529. The van der Waals surface area contributed by atoms with E-state index in [0.717, 1.165) is 31.2 Å². The van der Waals surface area contributed by atoms with Crippen LogP contribution in [0.5, 0.6) is 0 Å². The van der Waals surface area contributed by atoms with Crippen molar-refractivity contribution in [2.45, 2.75) is 49.5 Å². The van der Waals surface area contributed by atoms with Gasteiger partial charge in [-0.2, -0.15) is 0 Å². The molecule has 0 unspecified atom stereocenters. The van der Waals surface area contributed by atoms with Crippen molar-refractivity contribution in [1.82, 2.24) is 10.2 Å². The maximum Gasteiger partial charge on any atom is 0.311 e. The van der Waals surface area contributed by atoms with Gasteiger partial charge in [0.25, 0.3) is 0 Å². The van der Waals surface area contributed by atoms with Gasteiger partial charge in [0.2, 0.25) is 10.0 Å². The topological polar surface area (TPSA) is 110 Å². The highest BCUT2D eigenvalue weighted by Gasteiger charge is 2.26. The number of benzene rings is 1. The average molecular weight is 367 g/mol. The molecule has 0 atom stereocenters. The van der Waals surface area contributed by atoms with Crippen molar-refractivity contribution < 1.29 is 18.0 Å². The number of hydrogen-bond donors (Lipinski definition) is 2. The van der Waals surface area contributed by atoms with Gasteiger partial charge in [-0.15, -0.1) is 0 Å². The lowest BCUT2D eigenvalue weighted by atomic mass is 9.94. The van der Waals surface area contributed by atoms with Crippen molar-refractivity contribution in [1.29, 1.82) is 0 Å². The van der Waals surface area contributed by atoms with E-state index in [0.29, 0.717) is 13.0 Å². The summed E-state index contributed by atoms with van der Waals surface area (Å²) in [4.78, 5) is 25.8. The Balaban J connectivity index is 1.80. The number of amides is 2. The van der Waals surface area contributed by atoms with Crippen LogP contribution in [0.25, 0.3) is 0 Å². The lowest BCUT2D eigenvalue weighted by Gasteiger charge is -2.30. The fourth-order valence-corrected chi connectivity index (χ4v) is 3.55. The maximum atomic E-state index is 12.2. The first-order chi connectivity index (χ1) is 11.8. The van der Waals surface area contributed by atoms with Gasteiger partial charge in [0, 0.05) is 19.6 Å². The Hall–Kier alpha value is -1.93. The van der Waals surface area contributed by atoms with Crippen LogP contribution in [0.4, 0.5) is 0 Å². The van der Waals surface area contributed by atoms with Crippen LogP contribution in [0.2, 0.25) is 0 Å². The Morgan fingerprint density at radius 1 is 1.16 bits per heavy atom. The van der Waals surface area contributed by atoms with Crippen LogP contribution in [0, 0.1) is 0 Å². The molecule has 1 aliphatic rings. The number of nitrogens with two attached hydrogens (primary N) is 1. The number of rotatable bonds is 5. The molecule has 0 aromatic heterocycles. The number of carbonyl (C=O) groups excluding carboxylic acids is 2. The summed E-state index contributed by atoms with van der Waals surface area (Å²) in [7, 11) is -2.02. The van der Waals surface area contributed by atoms with E-state index in [-0.39, 0.29) is 10.9 Å². The highest BCUT2D eigenvalue weighted by atomic mass is 32.2. The summed E-state index contributed by atoms with van der Waals surface area (Å²) in [6.07, 6.45) is 5.78. The number of nitrogens with one attached hydrogen (secondary N) is 1. The molecule has 1 fully saturated rings. The number of carbonyl (C=O) groups is 2. The second kappa shape index (κ2) is 8.44. The zero-order valence-corrected chi connectivity index (χ0v) is 15.2. The summed E-state index contributed by atoms with van der Waals surface area (Å²) >= 11 is 0. The quantitative estimate of drug-likeness (QED) is 0.750. The zero-order chi connectivity index (χ0) is 18.4. The largest absolute Gasteiger partial charge is 0.347 e. The van der Waals surface area contributed by atoms with E-state index in [2.05, 4.69) is 5.32 Å². The van der Waals surface area contributed by atoms with E-state index in [1.165, 1.54) is 18.6 Å². The van der Waals surface area contributed by atoms with Gasteiger partial charge >= 0.3 is 11.8 Å². The average Bonchev–Trinajstić information content (AvgIpc) is 2.60. The molecule has 0 bridgehead atoms. The van der Waals surface area contributed by atoms with Crippen LogP contribution in [0.15, 0.2) is 29.2 Å². The number of hydrogen-bond acceptors (Lipinski definition) is 4. The highest BCUT2D eigenvalue weighted by Crippen LogP contribution is 2.21. The van der Waals surface area contributed by atoms with Crippen molar-refractivity contribution >= 4 is 21.8 Å². The minimum atomic E-state index is -3.71. The molecule has 1 aromatic carbocycles. The Bertz CT molecular complexity index is 710. The third-order valence-electron chi connectivity index (χ3n) is 4.59. The number of likely N-dealkylation sites (N-methyl/N-ethyl adjacent to an activating group) is 1. The summed E-state index contributed by atoms with van der Waals surface area (Å²) in [5.74, 6) is -1.11. The van der Waals surface area contributed by atoms with Gasteiger partial charge in [0.05, 0.1) is 4.90 Å². The predicted octanol–water partition coefficient (Wildman–Crippen LogP) is 0.784. The van der Waals surface area contributed by atoms with Crippen molar-refractivity contribution in [2.24, 2.45) is 5.14 Å². The molecule has 7 nitrogen and oxygen atoms in total. The number of nitrogens with zero attached hydrogens (tertiary/aromatic N) is 1. The first-order valence-corrected chi connectivity index (χ1v) is 10.0. The molecule has 0 heterocycles. The minimum absolute atomic E-state index is 0.0459. The van der Waals surface area contributed by atoms with Gasteiger partial charge in [-0.25, -0.2) is 13.6 Å². The van der Waals surface area contributed by atoms with Crippen molar-refractivity contribution in [3.8, 4) is 0 Å². The smallest absolute Gasteiger partial charge is 0.311 e. The summed E-state index contributed by atoms with van der Waals surface area (Å²) < 4.78 is 22.4. The van der Waals surface area contributed by atoms with Crippen LogP contribution in [0.3, 0.4) is 0 Å². The summed E-state index contributed by atoms with van der Waals surface area (Å²) in [6, 6.07) is 6.28. The van der Waals surface area contributed by atoms with E-state index >= 15 is 0 Å². The van der Waals surface area contributed by atoms with Gasteiger partial charge in [-0.1, -0.05) is 31.4 Å². The maximum absolute atomic E-state index is 12.2. The molecule has 0 saturated heterocycles. The fourth-order valence-electron chi connectivity index (χ4n) is 3.04. The molecule has 0 radical (unpaired) electrons. The molecule has 1 aromatic rings. The van der Waals surface area contributed by atoms with E-state index < -0.39 is 21.8 Å². The summed E-state index contributed by atoms with van der Waals surface area (Å²) in [5, 5.41) is 7.67. The molecule has 138 valence electrons. The molecular weight excluding hydrogens is 342 g/mol. The monoisotopic (exact) mass is 367 g/mol. The van der Waals surface area contributed by atoms with Crippen molar-refractivity contribution in [3.63, 3.8) is 0 Å². The number of primary sulfonamides is 1.